The van der Waals surface area contributed by atoms with Crippen LogP contribution >= 0.6 is 0 Å². The molecule has 3 rings (SSSR count). The molecule has 0 aliphatic rings. The van der Waals surface area contributed by atoms with Crippen molar-refractivity contribution in [1.29, 1.82) is 0 Å². The number of alkyl halides is 3. The number of carboxylic acids is 1. The highest BCUT2D eigenvalue weighted by atomic mass is 19.4. The zero-order chi connectivity index (χ0) is 22.2. The number of aryl methyl sites for hydroxylation is 3. The standard InChI is InChI=1S/C20H21F3N4O3/c1-10-7-13(30-4)5-6-14(10)18-12(3)26-27-16(8-11(2)24-19(18)27)25-15(9-17(28)29)20(21,22)23/h5-8,15,25H,9H2,1-4H3,(H,28,29)/t15-/m0/s1. The quantitative estimate of drug-likeness (QED) is 0.621. The second-order valence-electron chi connectivity index (χ2n) is 7.00. The molecule has 0 fully saturated rings. The minimum Gasteiger partial charge on any atom is -0.497 e. The van der Waals surface area contributed by atoms with Crippen LogP contribution in [-0.2, 0) is 4.79 Å². The highest BCUT2D eigenvalue weighted by Crippen LogP contribution is 2.34. The molecule has 10 heteroatoms. The van der Waals surface area contributed by atoms with Crippen molar-refractivity contribution < 1.29 is 27.8 Å². The monoisotopic (exact) mass is 422 g/mol. The number of fused-ring (bicyclic) bond motifs is 1. The minimum atomic E-state index is -4.75. The van der Waals surface area contributed by atoms with Gasteiger partial charge in [-0.3, -0.25) is 4.79 Å². The summed E-state index contributed by atoms with van der Waals surface area (Å²) >= 11 is 0. The van der Waals surface area contributed by atoms with Crippen molar-refractivity contribution in [2.75, 3.05) is 12.4 Å². The average molecular weight is 422 g/mol. The van der Waals surface area contributed by atoms with Crippen LogP contribution in [0.25, 0.3) is 16.8 Å². The third kappa shape index (κ3) is 4.17. The van der Waals surface area contributed by atoms with Crippen molar-refractivity contribution in [2.24, 2.45) is 0 Å². The van der Waals surface area contributed by atoms with Gasteiger partial charge in [0.2, 0.25) is 0 Å². The van der Waals surface area contributed by atoms with Gasteiger partial charge in [-0.05, 0) is 44.0 Å². The molecule has 0 saturated carbocycles. The molecule has 0 aliphatic heterocycles. The number of nitrogens with one attached hydrogen (secondary N) is 1. The second kappa shape index (κ2) is 7.85. The molecule has 0 amide bonds. The van der Waals surface area contributed by atoms with Gasteiger partial charge in [-0.1, -0.05) is 6.07 Å². The number of benzene rings is 1. The van der Waals surface area contributed by atoms with Gasteiger partial charge in [0.05, 0.1) is 19.2 Å². The summed E-state index contributed by atoms with van der Waals surface area (Å²) in [6.07, 6.45) is -5.86. The third-order valence-corrected chi connectivity index (χ3v) is 4.69. The summed E-state index contributed by atoms with van der Waals surface area (Å²) in [6, 6.07) is 4.62. The normalized spacial score (nSPS) is 12.8. The van der Waals surface area contributed by atoms with Crippen molar-refractivity contribution in [3.63, 3.8) is 0 Å². The Kier molecular flexibility index (Phi) is 5.60. The molecule has 0 spiro atoms. The van der Waals surface area contributed by atoms with Gasteiger partial charge in [0.1, 0.15) is 17.6 Å². The Morgan fingerprint density at radius 1 is 1.27 bits per heavy atom. The van der Waals surface area contributed by atoms with E-state index in [0.29, 0.717) is 28.3 Å². The number of aliphatic carboxylic acids is 1. The van der Waals surface area contributed by atoms with Crippen LogP contribution in [0.5, 0.6) is 5.75 Å². The van der Waals surface area contributed by atoms with Crippen LogP contribution in [0.1, 0.15) is 23.4 Å². The number of hydrogen-bond donors (Lipinski definition) is 2. The maximum absolute atomic E-state index is 13.4. The van der Waals surface area contributed by atoms with Gasteiger partial charge in [-0.2, -0.15) is 22.8 Å². The van der Waals surface area contributed by atoms with E-state index in [0.717, 1.165) is 11.1 Å². The Bertz CT molecular complexity index is 1110. The van der Waals surface area contributed by atoms with Crippen LogP contribution in [0.3, 0.4) is 0 Å². The Hall–Kier alpha value is -3.30. The Morgan fingerprint density at radius 3 is 2.53 bits per heavy atom. The molecule has 160 valence electrons. The number of ether oxygens (including phenoxy) is 1. The number of carboxylic acid groups (broad SMARTS) is 1. The number of halogens is 3. The first-order chi connectivity index (χ1) is 14.0. The van der Waals surface area contributed by atoms with Crippen LogP contribution < -0.4 is 10.1 Å². The summed E-state index contributed by atoms with van der Waals surface area (Å²) < 4.78 is 46.6. The van der Waals surface area contributed by atoms with Gasteiger partial charge in [0.25, 0.3) is 0 Å². The Labute approximate surface area is 170 Å². The molecule has 3 aromatic rings. The van der Waals surface area contributed by atoms with Crippen molar-refractivity contribution in [3.05, 3.63) is 41.2 Å². The summed E-state index contributed by atoms with van der Waals surface area (Å²) in [5.41, 5.74) is 3.82. The molecule has 0 bridgehead atoms. The molecule has 0 aliphatic carbocycles. The lowest BCUT2D eigenvalue weighted by molar-refractivity contribution is -0.157. The van der Waals surface area contributed by atoms with Crippen LogP contribution in [-0.4, -0.2) is 45.0 Å². The Balaban J connectivity index is 2.16. The van der Waals surface area contributed by atoms with Gasteiger partial charge in [0, 0.05) is 17.3 Å². The maximum atomic E-state index is 13.4. The molecule has 2 N–H and O–H groups in total. The zero-order valence-electron chi connectivity index (χ0n) is 16.8. The van der Waals surface area contributed by atoms with E-state index in [4.69, 9.17) is 9.84 Å². The van der Waals surface area contributed by atoms with Gasteiger partial charge in [-0.25, -0.2) is 4.98 Å². The largest absolute Gasteiger partial charge is 0.497 e. The number of aromatic nitrogens is 3. The van der Waals surface area contributed by atoms with Crippen molar-refractivity contribution in [3.8, 4) is 16.9 Å². The number of anilines is 1. The van der Waals surface area contributed by atoms with E-state index in [1.807, 2.05) is 19.1 Å². The fraction of sp³-hybridized carbons (Fsp3) is 0.350. The number of methoxy groups -OCH3 is 1. The van der Waals surface area contributed by atoms with Crippen molar-refractivity contribution >= 4 is 17.4 Å². The Morgan fingerprint density at radius 2 is 1.97 bits per heavy atom. The summed E-state index contributed by atoms with van der Waals surface area (Å²) in [6.45, 7) is 5.28. The van der Waals surface area contributed by atoms with E-state index in [-0.39, 0.29) is 5.82 Å². The summed E-state index contributed by atoms with van der Waals surface area (Å²) in [5.74, 6) is -0.863. The minimum absolute atomic E-state index is 0.0154. The first-order valence-electron chi connectivity index (χ1n) is 9.08. The van der Waals surface area contributed by atoms with E-state index < -0.39 is 24.6 Å². The molecule has 0 radical (unpaired) electrons. The molecule has 1 atom stereocenters. The van der Waals surface area contributed by atoms with E-state index in [9.17, 15) is 18.0 Å². The van der Waals surface area contributed by atoms with Gasteiger partial charge in [0.15, 0.2) is 5.65 Å². The zero-order valence-corrected chi connectivity index (χ0v) is 16.8. The second-order valence-corrected chi connectivity index (χ2v) is 7.00. The number of rotatable bonds is 6. The molecular formula is C20H21F3N4O3. The SMILES string of the molecule is COc1ccc(-c2c(C)nn3c(N[C@@H](CC(=O)O)C(F)(F)F)cc(C)nc23)c(C)c1. The lowest BCUT2D eigenvalue weighted by atomic mass is 10.0. The lowest BCUT2D eigenvalue weighted by Crippen LogP contribution is -2.38. The topological polar surface area (TPSA) is 88.8 Å². The maximum Gasteiger partial charge on any atom is 0.409 e. The van der Waals surface area contributed by atoms with E-state index >= 15 is 0 Å². The lowest BCUT2D eigenvalue weighted by Gasteiger charge is -2.21. The van der Waals surface area contributed by atoms with Gasteiger partial charge < -0.3 is 15.2 Å². The third-order valence-electron chi connectivity index (χ3n) is 4.69. The summed E-state index contributed by atoms with van der Waals surface area (Å²) in [5, 5.41) is 15.5. The van der Waals surface area contributed by atoms with E-state index in [2.05, 4.69) is 15.4 Å². The van der Waals surface area contributed by atoms with Crippen molar-refractivity contribution in [1.82, 2.24) is 14.6 Å². The number of hydrogen-bond acceptors (Lipinski definition) is 5. The fourth-order valence-electron chi connectivity index (χ4n) is 3.31. The molecule has 30 heavy (non-hydrogen) atoms. The van der Waals surface area contributed by atoms with Gasteiger partial charge in [-0.15, -0.1) is 0 Å². The summed E-state index contributed by atoms with van der Waals surface area (Å²) in [7, 11) is 1.56. The highest BCUT2D eigenvalue weighted by Gasteiger charge is 2.41. The fourth-order valence-corrected chi connectivity index (χ4v) is 3.31. The molecule has 2 aromatic heterocycles. The van der Waals surface area contributed by atoms with E-state index in [1.54, 1.807) is 27.0 Å². The van der Waals surface area contributed by atoms with Crippen LogP contribution in [0.4, 0.5) is 19.0 Å². The molecule has 7 nitrogen and oxygen atoms in total. The molecule has 0 unspecified atom stereocenters. The summed E-state index contributed by atoms with van der Waals surface area (Å²) in [4.78, 5) is 15.4. The average Bonchev–Trinajstić information content (AvgIpc) is 2.96. The first kappa shape index (κ1) is 21.4. The highest BCUT2D eigenvalue weighted by molar-refractivity contribution is 5.83. The first-order valence-corrected chi connectivity index (χ1v) is 9.08. The van der Waals surface area contributed by atoms with Gasteiger partial charge >= 0.3 is 12.1 Å². The van der Waals surface area contributed by atoms with E-state index in [1.165, 1.54) is 10.6 Å². The smallest absolute Gasteiger partial charge is 0.409 e. The van der Waals surface area contributed by atoms with Crippen LogP contribution in [0.15, 0.2) is 24.3 Å². The molecule has 2 heterocycles. The predicted molar refractivity (Wildman–Crippen MR) is 105 cm³/mol. The number of carbonyl (C=O) groups is 1. The van der Waals surface area contributed by atoms with Crippen LogP contribution in [0.2, 0.25) is 0 Å². The van der Waals surface area contributed by atoms with Crippen molar-refractivity contribution in [2.45, 2.75) is 39.4 Å². The predicted octanol–water partition coefficient (Wildman–Crippen LogP) is 4.15. The number of nitrogens with zero attached hydrogens (tertiary/aromatic N) is 3. The van der Waals surface area contributed by atoms with Crippen LogP contribution in [0, 0.1) is 20.8 Å². The molecular weight excluding hydrogens is 401 g/mol. The molecule has 0 saturated heterocycles. The molecule has 1 aromatic carbocycles.